The molecule has 24 heavy (non-hydrogen) atoms. The van der Waals surface area contributed by atoms with Gasteiger partial charge in [-0.15, -0.1) is 0 Å². The molecular weight excluding hydrogens is 318 g/mol. The standard InChI is InChI=1S/C19H17N3OS/c1-13-8-10-15(11-9-13)21-18(23)16-12-20-19(24-2)22-17(16)14-6-4-3-5-7-14/h3-12H,1-2H3,(H,21,23). The second kappa shape index (κ2) is 7.27. The van der Waals surface area contributed by atoms with Crippen LogP contribution >= 0.6 is 11.8 Å². The molecule has 1 heterocycles. The molecule has 0 unspecified atom stereocenters. The van der Waals surface area contributed by atoms with Gasteiger partial charge in [-0.3, -0.25) is 4.79 Å². The van der Waals surface area contributed by atoms with Gasteiger partial charge in [0.2, 0.25) is 0 Å². The minimum Gasteiger partial charge on any atom is -0.322 e. The maximum Gasteiger partial charge on any atom is 0.259 e. The van der Waals surface area contributed by atoms with Gasteiger partial charge >= 0.3 is 0 Å². The van der Waals surface area contributed by atoms with E-state index in [4.69, 9.17) is 0 Å². The number of hydrogen-bond donors (Lipinski definition) is 1. The number of aromatic nitrogens is 2. The van der Waals surface area contributed by atoms with Crippen molar-refractivity contribution in [1.82, 2.24) is 9.97 Å². The Morgan fingerprint density at radius 1 is 1.04 bits per heavy atom. The Balaban J connectivity index is 1.97. The summed E-state index contributed by atoms with van der Waals surface area (Å²) in [5.74, 6) is -0.217. The highest BCUT2D eigenvalue weighted by Crippen LogP contribution is 2.24. The van der Waals surface area contributed by atoms with Gasteiger partial charge in [-0.25, -0.2) is 9.97 Å². The molecule has 2 aromatic carbocycles. The number of anilines is 1. The summed E-state index contributed by atoms with van der Waals surface area (Å²) in [4.78, 5) is 21.5. The van der Waals surface area contributed by atoms with Crippen LogP contribution in [0.15, 0.2) is 66.0 Å². The van der Waals surface area contributed by atoms with Crippen LogP contribution in [0.25, 0.3) is 11.3 Å². The fraction of sp³-hybridized carbons (Fsp3) is 0.105. The summed E-state index contributed by atoms with van der Waals surface area (Å²) in [6.07, 6.45) is 3.50. The van der Waals surface area contributed by atoms with Gasteiger partial charge in [0.25, 0.3) is 5.91 Å². The Morgan fingerprint density at radius 2 is 1.75 bits per heavy atom. The van der Waals surface area contributed by atoms with E-state index < -0.39 is 0 Å². The van der Waals surface area contributed by atoms with Crippen molar-refractivity contribution >= 4 is 23.4 Å². The van der Waals surface area contributed by atoms with Crippen molar-refractivity contribution in [2.45, 2.75) is 12.1 Å². The van der Waals surface area contributed by atoms with Crippen LogP contribution in [0.2, 0.25) is 0 Å². The van der Waals surface area contributed by atoms with E-state index in [1.807, 2.05) is 67.8 Å². The summed E-state index contributed by atoms with van der Waals surface area (Å²) < 4.78 is 0. The molecule has 5 heteroatoms. The molecule has 0 spiro atoms. The van der Waals surface area contributed by atoms with Gasteiger partial charge in [0.05, 0.1) is 11.3 Å². The molecule has 0 bridgehead atoms. The highest BCUT2D eigenvalue weighted by Gasteiger charge is 2.16. The fourth-order valence-electron chi connectivity index (χ4n) is 2.28. The lowest BCUT2D eigenvalue weighted by Gasteiger charge is -2.10. The van der Waals surface area contributed by atoms with E-state index in [2.05, 4.69) is 15.3 Å². The summed E-state index contributed by atoms with van der Waals surface area (Å²) in [5.41, 5.74) is 3.88. The fourth-order valence-corrected chi connectivity index (χ4v) is 2.62. The quantitative estimate of drug-likeness (QED) is 0.566. The molecule has 1 aromatic heterocycles. The van der Waals surface area contributed by atoms with Crippen LogP contribution in [0.5, 0.6) is 0 Å². The summed E-state index contributed by atoms with van der Waals surface area (Å²) in [5, 5.41) is 3.55. The van der Waals surface area contributed by atoms with Gasteiger partial charge in [0.1, 0.15) is 0 Å². The van der Waals surface area contributed by atoms with Gasteiger partial charge in [0.15, 0.2) is 5.16 Å². The van der Waals surface area contributed by atoms with Crippen molar-refractivity contribution in [2.75, 3.05) is 11.6 Å². The van der Waals surface area contributed by atoms with Crippen molar-refractivity contribution in [1.29, 1.82) is 0 Å². The van der Waals surface area contributed by atoms with Crippen LogP contribution in [0.3, 0.4) is 0 Å². The maximum absolute atomic E-state index is 12.7. The number of thioether (sulfide) groups is 1. The second-order valence-electron chi connectivity index (χ2n) is 5.31. The van der Waals surface area contributed by atoms with Gasteiger partial charge in [-0.2, -0.15) is 0 Å². The number of carbonyl (C=O) groups excluding carboxylic acids is 1. The van der Waals surface area contributed by atoms with E-state index >= 15 is 0 Å². The van der Waals surface area contributed by atoms with Crippen LogP contribution in [-0.2, 0) is 0 Å². The van der Waals surface area contributed by atoms with Crippen LogP contribution in [0.1, 0.15) is 15.9 Å². The molecule has 4 nitrogen and oxygen atoms in total. The minimum atomic E-state index is -0.217. The number of benzene rings is 2. The molecule has 0 saturated heterocycles. The van der Waals surface area contributed by atoms with E-state index in [0.29, 0.717) is 16.4 Å². The Bertz CT molecular complexity index is 848. The molecular formula is C19H17N3OS. The Hall–Kier alpha value is -2.66. The van der Waals surface area contributed by atoms with Crippen molar-refractivity contribution in [3.05, 3.63) is 71.9 Å². The zero-order chi connectivity index (χ0) is 16.9. The highest BCUT2D eigenvalue weighted by molar-refractivity contribution is 7.98. The average molecular weight is 335 g/mol. The monoisotopic (exact) mass is 335 g/mol. The topological polar surface area (TPSA) is 54.9 Å². The zero-order valence-corrected chi connectivity index (χ0v) is 14.3. The first kappa shape index (κ1) is 16.2. The van der Waals surface area contributed by atoms with Crippen molar-refractivity contribution in [2.24, 2.45) is 0 Å². The summed E-state index contributed by atoms with van der Waals surface area (Å²) in [7, 11) is 0. The molecule has 0 aliphatic rings. The maximum atomic E-state index is 12.7. The molecule has 0 saturated carbocycles. The van der Waals surface area contributed by atoms with E-state index in [9.17, 15) is 4.79 Å². The van der Waals surface area contributed by atoms with Crippen LogP contribution in [0.4, 0.5) is 5.69 Å². The van der Waals surface area contributed by atoms with E-state index in [1.165, 1.54) is 11.8 Å². The van der Waals surface area contributed by atoms with Crippen molar-refractivity contribution in [3.63, 3.8) is 0 Å². The van der Waals surface area contributed by atoms with Crippen molar-refractivity contribution < 1.29 is 4.79 Å². The first-order chi connectivity index (χ1) is 11.7. The molecule has 1 amide bonds. The number of amides is 1. The van der Waals surface area contributed by atoms with E-state index in [0.717, 1.165) is 16.8 Å². The molecule has 3 rings (SSSR count). The van der Waals surface area contributed by atoms with Crippen LogP contribution < -0.4 is 5.32 Å². The minimum absolute atomic E-state index is 0.217. The third kappa shape index (κ3) is 3.63. The third-order valence-electron chi connectivity index (χ3n) is 3.55. The Morgan fingerprint density at radius 3 is 2.42 bits per heavy atom. The van der Waals surface area contributed by atoms with Gasteiger partial charge in [0, 0.05) is 17.4 Å². The molecule has 3 aromatic rings. The summed E-state index contributed by atoms with van der Waals surface area (Å²) in [6.45, 7) is 2.01. The lowest BCUT2D eigenvalue weighted by Crippen LogP contribution is -2.14. The smallest absolute Gasteiger partial charge is 0.259 e. The molecule has 0 radical (unpaired) electrons. The number of hydrogen-bond acceptors (Lipinski definition) is 4. The number of nitrogens with one attached hydrogen (secondary N) is 1. The molecule has 0 aliphatic carbocycles. The van der Waals surface area contributed by atoms with Gasteiger partial charge in [-0.05, 0) is 25.3 Å². The van der Waals surface area contributed by atoms with Crippen molar-refractivity contribution in [3.8, 4) is 11.3 Å². The third-order valence-corrected chi connectivity index (χ3v) is 4.11. The van der Waals surface area contributed by atoms with Crippen LogP contribution in [-0.4, -0.2) is 22.1 Å². The molecule has 0 fully saturated rings. The largest absolute Gasteiger partial charge is 0.322 e. The molecule has 0 aliphatic heterocycles. The Labute approximate surface area is 145 Å². The Kier molecular flexibility index (Phi) is 4.91. The average Bonchev–Trinajstić information content (AvgIpc) is 2.63. The first-order valence-corrected chi connectivity index (χ1v) is 8.74. The normalized spacial score (nSPS) is 10.4. The number of rotatable bonds is 4. The lowest BCUT2D eigenvalue weighted by molar-refractivity contribution is 0.102. The predicted molar refractivity (Wildman–Crippen MR) is 98.4 cm³/mol. The first-order valence-electron chi connectivity index (χ1n) is 7.52. The summed E-state index contributed by atoms with van der Waals surface area (Å²) >= 11 is 1.45. The molecule has 0 atom stereocenters. The molecule has 120 valence electrons. The van der Waals surface area contributed by atoms with E-state index in [-0.39, 0.29) is 5.91 Å². The van der Waals surface area contributed by atoms with Crippen LogP contribution in [0, 0.1) is 6.92 Å². The second-order valence-corrected chi connectivity index (χ2v) is 6.08. The highest BCUT2D eigenvalue weighted by atomic mass is 32.2. The number of carbonyl (C=O) groups is 1. The number of nitrogens with zero attached hydrogens (tertiary/aromatic N) is 2. The van der Waals surface area contributed by atoms with E-state index in [1.54, 1.807) is 6.20 Å². The summed E-state index contributed by atoms with van der Waals surface area (Å²) in [6, 6.07) is 17.4. The molecule has 1 N–H and O–H groups in total. The predicted octanol–water partition coefficient (Wildman–Crippen LogP) is 4.43. The number of aryl methyl sites for hydroxylation is 1. The van der Waals surface area contributed by atoms with Gasteiger partial charge in [-0.1, -0.05) is 59.8 Å². The zero-order valence-electron chi connectivity index (χ0n) is 13.5. The lowest BCUT2D eigenvalue weighted by atomic mass is 10.1. The SMILES string of the molecule is CSc1ncc(C(=O)Nc2ccc(C)cc2)c(-c2ccccc2)n1. The van der Waals surface area contributed by atoms with Gasteiger partial charge < -0.3 is 5.32 Å².